The van der Waals surface area contributed by atoms with Gasteiger partial charge in [-0.05, 0) is 30.3 Å². The maximum atomic E-state index is 11.5. The molecule has 1 atom stereocenters. The summed E-state index contributed by atoms with van der Waals surface area (Å²) in [5.41, 5.74) is 0. The van der Waals surface area contributed by atoms with E-state index in [9.17, 15) is 9.59 Å². The molecule has 5 nitrogen and oxygen atoms in total. The number of nitrogens with one attached hydrogen (secondary N) is 1. The van der Waals surface area contributed by atoms with Gasteiger partial charge in [0.05, 0.1) is 0 Å². The summed E-state index contributed by atoms with van der Waals surface area (Å²) in [4.78, 5) is 21.8. The summed E-state index contributed by atoms with van der Waals surface area (Å²) in [5, 5.41) is 20.1. The van der Waals surface area contributed by atoms with Gasteiger partial charge < -0.3 is 15.5 Å². The SMILES string of the molecule is O=C(CC1CCSCC1)NCCC(O)C(=O)O. The van der Waals surface area contributed by atoms with E-state index in [2.05, 4.69) is 5.32 Å². The van der Waals surface area contributed by atoms with Crippen molar-refractivity contribution in [2.24, 2.45) is 5.92 Å². The Morgan fingerprint density at radius 2 is 2.00 bits per heavy atom. The second-order valence-electron chi connectivity index (χ2n) is 4.25. The van der Waals surface area contributed by atoms with Crippen LogP contribution in [0.3, 0.4) is 0 Å². The highest BCUT2D eigenvalue weighted by Gasteiger charge is 2.18. The van der Waals surface area contributed by atoms with Crippen LogP contribution in [0.4, 0.5) is 0 Å². The third kappa shape index (κ3) is 5.93. The number of hydrogen-bond donors (Lipinski definition) is 3. The largest absolute Gasteiger partial charge is 0.479 e. The molecule has 98 valence electrons. The molecule has 1 amide bonds. The van der Waals surface area contributed by atoms with Gasteiger partial charge in [0.15, 0.2) is 6.10 Å². The van der Waals surface area contributed by atoms with Crippen molar-refractivity contribution >= 4 is 23.6 Å². The monoisotopic (exact) mass is 261 g/mol. The summed E-state index contributed by atoms with van der Waals surface area (Å²) in [6.45, 7) is 0.216. The predicted octanol–water partition coefficient (Wildman–Crippen LogP) is 0.471. The van der Waals surface area contributed by atoms with Gasteiger partial charge >= 0.3 is 5.97 Å². The quantitative estimate of drug-likeness (QED) is 0.647. The molecule has 0 aromatic carbocycles. The molecule has 1 rings (SSSR count). The molecule has 1 saturated heterocycles. The number of carbonyl (C=O) groups is 2. The van der Waals surface area contributed by atoms with Gasteiger partial charge in [-0.2, -0.15) is 11.8 Å². The average Bonchev–Trinajstić information content (AvgIpc) is 2.30. The lowest BCUT2D eigenvalue weighted by molar-refractivity contribution is -0.147. The maximum Gasteiger partial charge on any atom is 0.332 e. The minimum absolute atomic E-state index is 0.0421. The topological polar surface area (TPSA) is 86.6 Å². The summed E-state index contributed by atoms with van der Waals surface area (Å²) in [6, 6.07) is 0. The van der Waals surface area contributed by atoms with Crippen LogP contribution in [0.15, 0.2) is 0 Å². The first-order valence-corrected chi connectivity index (χ1v) is 7.00. The van der Waals surface area contributed by atoms with Crippen LogP contribution >= 0.6 is 11.8 Å². The molecule has 0 aromatic rings. The van der Waals surface area contributed by atoms with E-state index in [1.165, 1.54) is 0 Å². The van der Waals surface area contributed by atoms with E-state index in [4.69, 9.17) is 10.2 Å². The van der Waals surface area contributed by atoms with E-state index >= 15 is 0 Å². The number of thioether (sulfide) groups is 1. The minimum atomic E-state index is -1.39. The third-order valence-corrected chi connectivity index (χ3v) is 3.89. The minimum Gasteiger partial charge on any atom is -0.479 e. The Bertz CT molecular complexity index is 266. The second-order valence-corrected chi connectivity index (χ2v) is 5.48. The zero-order valence-electron chi connectivity index (χ0n) is 9.72. The molecule has 17 heavy (non-hydrogen) atoms. The second kappa shape index (κ2) is 7.55. The Balaban J connectivity index is 2.10. The van der Waals surface area contributed by atoms with Crippen LogP contribution in [0, 0.1) is 5.92 Å². The number of hydrogen-bond acceptors (Lipinski definition) is 4. The van der Waals surface area contributed by atoms with Crippen LogP contribution in [0.5, 0.6) is 0 Å². The first-order chi connectivity index (χ1) is 8.09. The summed E-state index contributed by atoms with van der Waals surface area (Å²) < 4.78 is 0. The van der Waals surface area contributed by atoms with Gasteiger partial charge in [-0.25, -0.2) is 4.79 Å². The van der Waals surface area contributed by atoms with Crippen molar-refractivity contribution in [3.63, 3.8) is 0 Å². The third-order valence-electron chi connectivity index (χ3n) is 2.84. The molecule has 1 aliphatic heterocycles. The van der Waals surface area contributed by atoms with Crippen molar-refractivity contribution in [1.82, 2.24) is 5.32 Å². The summed E-state index contributed by atoms with van der Waals surface area (Å²) in [7, 11) is 0. The Morgan fingerprint density at radius 3 is 2.59 bits per heavy atom. The van der Waals surface area contributed by atoms with Crippen LogP contribution in [0.25, 0.3) is 0 Å². The highest BCUT2D eigenvalue weighted by atomic mass is 32.2. The van der Waals surface area contributed by atoms with Gasteiger partial charge in [-0.3, -0.25) is 4.79 Å². The highest BCUT2D eigenvalue weighted by molar-refractivity contribution is 7.99. The van der Waals surface area contributed by atoms with Crippen molar-refractivity contribution in [1.29, 1.82) is 0 Å². The molecule has 0 saturated carbocycles. The van der Waals surface area contributed by atoms with E-state index in [1.54, 1.807) is 0 Å². The number of aliphatic hydroxyl groups excluding tert-OH is 1. The van der Waals surface area contributed by atoms with Crippen LogP contribution in [-0.4, -0.2) is 46.2 Å². The number of aliphatic hydroxyl groups is 1. The number of rotatable bonds is 6. The maximum absolute atomic E-state index is 11.5. The summed E-state index contributed by atoms with van der Waals surface area (Å²) >= 11 is 1.92. The van der Waals surface area contributed by atoms with Gasteiger partial charge in [-0.1, -0.05) is 0 Å². The Kier molecular flexibility index (Phi) is 6.36. The van der Waals surface area contributed by atoms with E-state index in [0.717, 1.165) is 24.3 Å². The number of aliphatic carboxylic acids is 1. The van der Waals surface area contributed by atoms with E-state index in [0.29, 0.717) is 12.3 Å². The van der Waals surface area contributed by atoms with E-state index in [1.807, 2.05) is 11.8 Å². The molecular weight excluding hydrogens is 242 g/mol. The predicted molar refractivity (Wildman–Crippen MR) is 65.9 cm³/mol. The molecule has 0 radical (unpaired) electrons. The van der Waals surface area contributed by atoms with Crippen LogP contribution < -0.4 is 5.32 Å². The average molecular weight is 261 g/mol. The highest BCUT2D eigenvalue weighted by Crippen LogP contribution is 2.24. The smallest absolute Gasteiger partial charge is 0.332 e. The molecule has 1 fully saturated rings. The zero-order chi connectivity index (χ0) is 12.7. The molecule has 3 N–H and O–H groups in total. The molecule has 0 spiro atoms. The lowest BCUT2D eigenvalue weighted by Crippen LogP contribution is -2.31. The lowest BCUT2D eigenvalue weighted by Gasteiger charge is -2.20. The number of carboxylic acid groups (broad SMARTS) is 1. The number of amides is 1. The molecule has 0 aromatic heterocycles. The van der Waals surface area contributed by atoms with Crippen molar-refractivity contribution in [2.75, 3.05) is 18.1 Å². The summed E-state index contributed by atoms with van der Waals surface area (Å²) in [6.07, 6.45) is 1.35. The fourth-order valence-corrected chi connectivity index (χ4v) is 2.96. The number of carboxylic acids is 1. The van der Waals surface area contributed by atoms with Crippen molar-refractivity contribution in [2.45, 2.75) is 31.8 Å². The summed E-state index contributed by atoms with van der Waals surface area (Å²) in [5.74, 6) is 1.41. The van der Waals surface area contributed by atoms with Gasteiger partial charge in [0, 0.05) is 19.4 Å². The van der Waals surface area contributed by atoms with Gasteiger partial charge in [0.2, 0.25) is 5.91 Å². The Morgan fingerprint density at radius 1 is 1.35 bits per heavy atom. The molecule has 6 heteroatoms. The normalized spacial score (nSPS) is 18.6. The van der Waals surface area contributed by atoms with Gasteiger partial charge in [-0.15, -0.1) is 0 Å². The molecule has 1 heterocycles. The van der Waals surface area contributed by atoms with Crippen LogP contribution in [0.1, 0.15) is 25.7 Å². The number of carbonyl (C=O) groups excluding carboxylic acids is 1. The lowest BCUT2D eigenvalue weighted by atomic mass is 9.98. The fraction of sp³-hybridized carbons (Fsp3) is 0.818. The molecule has 1 aliphatic rings. The first-order valence-electron chi connectivity index (χ1n) is 5.85. The standard InChI is InChI=1S/C11H19NO4S/c13-9(11(15)16)1-4-12-10(14)7-8-2-5-17-6-3-8/h8-9,13H,1-7H2,(H,12,14)(H,15,16). The van der Waals surface area contributed by atoms with Crippen LogP contribution in [-0.2, 0) is 9.59 Å². The van der Waals surface area contributed by atoms with Crippen molar-refractivity contribution in [3.05, 3.63) is 0 Å². The molecule has 1 unspecified atom stereocenters. The molecular formula is C11H19NO4S. The Hall–Kier alpha value is -0.750. The van der Waals surface area contributed by atoms with Gasteiger partial charge in [0.1, 0.15) is 0 Å². The fourth-order valence-electron chi connectivity index (χ4n) is 1.76. The molecule has 0 bridgehead atoms. The van der Waals surface area contributed by atoms with Crippen molar-refractivity contribution in [3.8, 4) is 0 Å². The zero-order valence-corrected chi connectivity index (χ0v) is 10.5. The van der Waals surface area contributed by atoms with Gasteiger partial charge in [0.25, 0.3) is 0 Å². The van der Waals surface area contributed by atoms with E-state index in [-0.39, 0.29) is 18.9 Å². The van der Waals surface area contributed by atoms with E-state index < -0.39 is 12.1 Å². The Labute approximate surface area is 105 Å². The van der Waals surface area contributed by atoms with Crippen molar-refractivity contribution < 1.29 is 19.8 Å². The van der Waals surface area contributed by atoms with Crippen LogP contribution in [0.2, 0.25) is 0 Å². The molecule has 0 aliphatic carbocycles. The first kappa shape index (κ1) is 14.3.